The summed E-state index contributed by atoms with van der Waals surface area (Å²) in [6, 6.07) is 6.93. The number of hydrogen-bond acceptors (Lipinski definition) is 3. The lowest BCUT2D eigenvalue weighted by molar-refractivity contribution is 0.710. The number of fused-ring (bicyclic) bond motifs is 1. The molecule has 0 fully saturated rings. The van der Waals surface area contributed by atoms with Gasteiger partial charge in [0.25, 0.3) is 0 Å². The van der Waals surface area contributed by atoms with Crippen LogP contribution in [-0.4, -0.2) is 33.2 Å². The number of rotatable bonds is 4. The molecule has 0 aliphatic carbocycles. The summed E-state index contributed by atoms with van der Waals surface area (Å²) >= 11 is 0. The molecule has 0 unspecified atom stereocenters. The maximum Gasteiger partial charge on any atom is 0.0604 e. The molecule has 0 amide bonds. The minimum Gasteiger partial charge on any atom is -0.373 e. The Labute approximate surface area is 117 Å². The summed E-state index contributed by atoms with van der Waals surface area (Å²) in [5.41, 5.74) is 9.83. The normalized spacial score (nSPS) is 15.6. The molecule has 3 heteroatoms. The van der Waals surface area contributed by atoms with Crippen LogP contribution >= 0.6 is 0 Å². The molecule has 3 nitrogen and oxygen atoms in total. The zero-order valence-corrected chi connectivity index (χ0v) is 12.5. The van der Waals surface area contributed by atoms with E-state index in [1.54, 1.807) is 0 Å². The van der Waals surface area contributed by atoms with E-state index in [1.165, 1.54) is 23.4 Å². The second kappa shape index (κ2) is 6.29. The van der Waals surface area contributed by atoms with Gasteiger partial charge in [0.2, 0.25) is 0 Å². The lowest BCUT2D eigenvalue weighted by atomic mass is 10.0. The SMILES string of the molecule is CC(C)c1ccc2c(c1)N(C)CCCN2CCCN. The second-order valence-electron chi connectivity index (χ2n) is 5.81. The molecule has 0 saturated carbocycles. The standard InChI is InChI=1S/C16H27N3/c1-13(2)14-6-7-15-16(12-14)18(3)9-5-11-19(15)10-4-8-17/h6-7,12-13H,4-5,8-11,17H2,1-3H3. The first-order valence-corrected chi connectivity index (χ1v) is 7.43. The fourth-order valence-corrected chi connectivity index (χ4v) is 2.73. The molecule has 106 valence electrons. The third-order valence-electron chi connectivity index (χ3n) is 3.97. The van der Waals surface area contributed by atoms with Crippen LogP contribution < -0.4 is 15.5 Å². The molecule has 1 aliphatic rings. The zero-order chi connectivity index (χ0) is 13.8. The number of hydrogen-bond donors (Lipinski definition) is 1. The first-order chi connectivity index (χ1) is 9.13. The quantitative estimate of drug-likeness (QED) is 0.904. The van der Waals surface area contributed by atoms with Crippen LogP contribution in [0.3, 0.4) is 0 Å². The van der Waals surface area contributed by atoms with Gasteiger partial charge >= 0.3 is 0 Å². The molecule has 1 aliphatic heterocycles. The summed E-state index contributed by atoms with van der Waals surface area (Å²) in [5.74, 6) is 0.583. The Balaban J connectivity index is 2.33. The number of benzene rings is 1. The van der Waals surface area contributed by atoms with Crippen molar-refractivity contribution in [3.63, 3.8) is 0 Å². The van der Waals surface area contributed by atoms with Crippen molar-refractivity contribution in [3.05, 3.63) is 23.8 Å². The molecular formula is C16H27N3. The van der Waals surface area contributed by atoms with Gasteiger partial charge < -0.3 is 15.5 Å². The van der Waals surface area contributed by atoms with E-state index < -0.39 is 0 Å². The third-order valence-corrected chi connectivity index (χ3v) is 3.97. The first-order valence-electron chi connectivity index (χ1n) is 7.43. The van der Waals surface area contributed by atoms with Gasteiger partial charge in [-0.25, -0.2) is 0 Å². The van der Waals surface area contributed by atoms with Crippen LogP contribution in [0.4, 0.5) is 11.4 Å². The van der Waals surface area contributed by atoms with Crippen molar-refractivity contribution in [2.75, 3.05) is 43.0 Å². The third kappa shape index (κ3) is 3.21. The van der Waals surface area contributed by atoms with Gasteiger partial charge in [0.15, 0.2) is 0 Å². The van der Waals surface area contributed by atoms with Crippen molar-refractivity contribution in [2.24, 2.45) is 5.73 Å². The maximum absolute atomic E-state index is 5.66. The highest BCUT2D eigenvalue weighted by Crippen LogP contribution is 2.34. The Kier molecular flexibility index (Phi) is 4.70. The zero-order valence-electron chi connectivity index (χ0n) is 12.5. The van der Waals surface area contributed by atoms with Gasteiger partial charge in [0, 0.05) is 26.7 Å². The van der Waals surface area contributed by atoms with E-state index in [4.69, 9.17) is 5.73 Å². The van der Waals surface area contributed by atoms with Crippen molar-refractivity contribution in [1.82, 2.24) is 0 Å². The molecule has 1 heterocycles. The Morgan fingerprint density at radius 1 is 1.21 bits per heavy atom. The maximum atomic E-state index is 5.66. The molecule has 0 saturated heterocycles. The van der Waals surface area contributed by atoms with E-state index in [-0.39, 0.29) is 0 Å². The highest BCUT2D eigenvalue weighted by molar-refractivity contribution is 5.73. The van der Waals surface area contributed by atoms with E-state index in [2.05, 4.69) is 48.9 Å². The van der Waals surface area contributed by atoms with Crippen molar-refractivity contribution in [2.45, 2.75) is 32.6 Å². The van der Waals surface area contributed by atoms with Crippen molar-refractivity contribution in [1.29, 1.82) is 0 Å². The molecule has 19 heavy (non-hydrogen) atoms. The molecule has 0 atom stereocenters. The van der Waals surface area contributed by atoms with Gasteiger partial charge in [0.05, 0.1) is 11.4 Å². The van der Waals surface area contributed by atoms with Gasteiger partial charge in [-0.3, -0.25) is 0 Å². The Bertz CT molecular complexity index is 414. The first kappa shape index (κ1) is 14.2. The monoisotopic (exact) mass is 261 g/mol. The van der Waals surface area contributed by atoms with Gasteiger partial charge in [-0.15, -0.1) is 0 Å². The summed E-state index contributed by atoms with van der Waals surface area (Å²) in [7, 11) is 2.20. The Hall–Kier alpha value is -1.22. The van der Waals surface area contributed by atoms with Crippen LogP contribution in [-0.2, 0) is 0 Å². The lowest BCUT2D eigenvalue weighted by Crippen LogP contribution is -2.26. The average Bonchev–Trinajstić information content (AvgIpc) is 2.56. The topological polar surface area (TPSA) is 32.5 Å². The number of nitrogens with zero attached hydrogens (tertiary/aromatic N) is 2. The molecular weight excluding hydrogens is 234 g/mol. The molecule has 0 radical (unpaired) electrons. The van der Waals surface area contributed by atoms with Crippen molar-refractivity contribution < 1.29 is 0 Å². The van der Waals surface area contributed by atoms with Crippen molar-refractivity contribution >= 4 is 11.4 Å². The molecule has 2 rings (SSSR count). The summed E-state index contributed by atoms with van der Waals surface area (Å²) < 4.78 is 0. The van der Waals surface area contributed by atoms with Gasteiger partial charge in [-0.05, 0) is 43.0 Å². The van der Waals surface area contributed by atoms with Crippen LogP contribution in [0.1, 0.15) is 38.2 Å². The highest BCUT2D eigenvalue weighted by atomic mass is 15.2. The van der Waals surface area contributed by atoms with Crippen LogP contribution in [0.15, 0.2) is 18.2 Å². The summed E-state index contributed by atoms with van der Waals surface area (Å²) in [4.78, 5) is 4.89. The minimum absolute atomic E-state index is 0.583. The van der Waals surface area contributed by atoms with E-state index in [0.29, 0.717) is 5.92 Å². The van der Waals surface area contributed by atoms with Gasteiger partial charge in [0.1, 0.15) is 0 Å². The lowest BCUT2D eigenvalue weighted by Gasteiger charge is -2.27. The van der Waals surface area contributed by atoms with E-state index in [9.17, 15) is 0 Å². The summed E-state index contributed by atoms with van der Waals surface area (Å²) in [6.45, 7) is 8.62. The average molecular weight is 261 g/mol. The Morgan fingerprint density at radius 3 is 2.68 bits per heavy atom. The molecule has 1 aromatic carbocycles. The fourth-order valence-electron chi connectivity index (χ4n) is 2.73. The molecule has 0 bridgehead atoms. The van der Waals surface area contributed by atoms with E-state index >= 15 is 0 Å². The van der Waals surface area contributed by atoms with Crippen LogP contribution in [0.5, 0.6) is 0 Å². The molecule has 2 N–H and O–H groups in total. The predicted octanol–water partition coefficient (Wildman–Crippen LogP) is 2.81. The Morgan fingerprint density at radius 2 is 2.00 bits per heavy atom. The van der Waals surface area contributed by atoms with Crippen LogP contribution in [0.25, 0.3) is 0 Å². The largest absolute Gasteiger partial charge is 0.373 e. The van der Waals surface area contributed by atoms with Gasteiger partial charge in [-0.2, -0.15) is 0 Å². The van der Waals surface area contributed by atoms with E-state index in [1.807, 2.05) is 0 Å². The predicted molar refractivity (Wildman–Crippen MR) is 84.3 cm³/mol. The molecule has 0 aromatic heterocycles. The van der Waals surface area contributed by atoms with Crippen LogP contribution in [0, 0.1) is 0 Å². The van der Waals surface area contributed by atoms with Gasteiger partial charge in [-0.1, -0.05) is 19.9 Å². The number of anilines is 2. The van der Waals surface area contributed by atoms with E-state index in [0.717, 1.165) is 32.6 Å². The fraction of sp³-hybridized carbons (Fsp3) is 0.625. The highest BCUT2D eigenvalue weighted by Gasteiger charge is 2.18. The molecule has 1 aromatic rings. The van der Waals surface area contributed by atoms with Crippen molar-refractivity contribution in [3.8, 4) is 0 Å². The minimum atomic E-state index is 0.583. The number of nitrogens with two attached hydrogens (primary N) is 1. The smallest absolute Gasteiger partial charge is 0.0604 e. The summed E-state index contributed by atoms with van der Waals surface area (Å²) in [6.07, 6.45) is 2.28. The second-order valence-corrected chi connectivity index (χ2v) is 5.81. The van der Waals surface area contributed by atoms with Crippen LogP contribution in [0.2, 0.25) is 0 Å². The summed E-state index contributed by atoms with van der Waals surface area (Å²) in [5, 5.41) is 0. The molecule has 0 spiro atoms.